The lowest BCUT2D eigenvalue weighted by atomic mass is 10.4. The summed E-state index contributed by atoms with van der Waals surface area (Å²) in [5.41, 5.74) is 0. The molecule has 1 atom stereocenters. The monoisotopic (exact) mass is 268 g/mol. The van der Waals surface area contributed by atoms with Gasteiger partial charge in [-0.2, -0.15) is 0 Å². The molecule has 2 heterocycles. The molecule has 1 aliphatic carbocycles. The van der Waals surface area contributed by atoms with Gasteiger partial charge in [-0.05, 0) is 25.3 Å². The summed E-state index contributed by atoms with van der Waals surface area (Å²) >= 11 is 0. The Labute approximate surface area is 106 Å². The summed E-state index contributed by atoms with van der Waals surface area (Å²) in [5.74, 6) is 0.613. The van der Waals surface area contributed by atoms with E-state index in [1.54, 1.807) is 18.5 Å². The number of hydrogen-bond donors (Lipinski definition) is 1. The van der Waals surface area contributed by atoms with Gasteiger partial charge in [-0.1, -0.05) is 0 Å². The second-order valence-electron chi connectivity index (χ2n) is 4.84. The van der Waals surface area contributed by atoms with Crippen molar-refractivity contribution >= 4 is 16.0 Å². The SMILES string of the molecule is O=S(=O)(NC1CC1)C1CCN(c2ncccn2)C1. The van der Waals surface area contributed by atoms with E-state index in [1.165, 1.54) is 0 Å². The minimum atomic E-state index is -3.18. The van der Waals surface area contributed by atoms with E-state index in [1.807, 2.05) is 4.90 Å². The minimum absolute atomic E-state index is 0.178. The molecule has 7 heteroatoms. The van der Waals surface area contributed by atoms with Gasteiger partial charge in [0.2, 0.25) is 16.0 Å². The Balaban J connectivity index is 1.68. The van der Waals surface area contributed by atoms with Gasteiger partial charge in [-0.15, -0.1) is 0 Å². The molecule has 1 unspecified atom stereocenters. The average molecular weight is 268 g/mol. The number of anilines is 1. The number of aromatic nitrogens is 2. The molecule has 0 bridgehead atoms. The first kappa shape index (κ1) is 11.9. The molecule has 18 heavy (non-hydrogen) atoms. The van der Waals surface area contributed by atoms with Gasteiger partial charge in [0.05, 0.1) is 5.25 Å². The van der Waals surface area contributed by atoms with Crippen LogP contribution in [0.2, 0.25) is 0 Å². The molecule has 0 spiro atoms. The molecule has 0 amide bonds. The number of hydrogen-bond acceptors (Lipinski definition) is 5. The standard InChI is InChI=1S/C11H16N4O2S/c16-18(17,14-9-2-3-9)10-4-7-15(8-10)11-12-5-1-6-13-11/h1,5-6,9-10,14H,2-4,7-8H2. The Hall–Kier alpha value is -1.21. The maximum Gasteiger partial charge on any atom is 0.225 e. The van der Waals surface area contributed by atoms with Gasteiger partial charge < -0.3 is 4.90 Å². The Morgan fingerprint density at radius 3 is 2.61 bits per heavy atom. The predicted octanol–water partition coefficient (Wildman–Crippen LogP) is 0.137. The second-order valence-corrected chi connectivity index (χ2v) is 6.84. The molecular weight excluding hydrogens is 252 g/mol. The molecule has 3 rings (SSSR count). The van der Waals surface area contributed by atoms with Crippen LogP contribution in [-0.4, -0.2) is 42.8 Å². The third-order valence-corrected chi connectivity index (χ3v) is 5.25. The van der Waals surface area contributed by atoms with Gasteiger partial charge in [0.1, 0.15) is 0 Å². The molecule has 6 nitrogen and oxygen atoms in total. The van der Waals surface area contributed by atoms with E-state index in [4.69, 9.17) is 0 Å². The molecule has 0 aromatic carbocycles. The molecule has 1 saturated heterocycles. The number of rotatable bonds is 4. The third-order valence-electron chi connectivity index (χ3n) is 3.33. The molecule has 2 fully saturated rings. The van der Waals surface area contributed by atoms with E-state index in [9.17, 15) is 8.42 Å². The molecule has 1 aromatic rings. The summed E-state index contributed by atoms with van der Waals surface area (Å²) in [6, 6.07) is 1.93. The molecule has 1 saturated carbocycles. The first-order valence-corrected chi connectivity index (χ1v) is 7.73. The first-order valence-electron chi connectivity index (χ1n) is 6.18. The maximum absolute atomic E-state index is 12.1. The van der Waals surface area contributed by atoms with Crippen LogP contribution in [0.1, 0.15) is 19.3 Å². The van der Waals surface area contributed by atoms with Crippen LogP contribution in [0.3, 0.4) is 0 Å². The van der Waals surface area contributed by atoms with Gasteiger partial charge in [0, 0.05) is 31.5 Å². The summed E-state index contributed by atoms with van der Waals surface area (Å²) < 4.78 is 26.9. The lowest BCUT2D eigenvalue weighted by molar-refractivity contribution is 0.568. The zero-order valence-corrected chi connectivity index (χ0v) is 10.8. The highest BCUT2D eigenvalue weighted by molar-refractivity contribution is 7.90. The van der Waals surface area contributed by atoms with Crippen LogP contribution in [0.5, 0.6) is 0 Å². The number of sulfonamides is 1. The van der Waals surface area contributed by atoms with Crippen molar-refractivity contribution < 1.29 is 8.42 Å². The highest BCUT2D eigenvalue weighted by Crippen LogP contribution is 2.24. The zero-order valence-electron chi connectivity index (χ0n) is 9.99. The van der Waals surface area contributed by atoms with E-state index >= 15 is 0 Å². The van der Waals surface area contributed by atoms with E-state index in [-0.39, 0.29) is 11.3 Å². The number of nitrogens with zero attached hydrogens (tertiary/aromatic N) is 3. The molecule has 98 valence electrons. The van der Waals surface area contributed by atoms with Crippen LogP contribution in [0, 0.1) is 0 Å². The van der Waals surface area contributed by atoms with E-state index in [0.29, 0.717) is 25.5 Å². The third kappa shape index (κ3) is 2.46. The van der Waals surface area contributed by atoms with Gasteiger partial charge in [0.25, 0.3) is 0 Å². The van der Waals surface area contributed by atoms with E-state index in [0.717, 1.165) is 12.8 Å². The van der Waals surface area contributed by atoms with Gasteiger partial charge in [-0.25, -0.2) is 23.1 Å². The van der Waals surface area contributed by atoms with Crippen molar-refractivity contribution in [2.24, 2.45) is 0 Å². The normalized spacial score (nSPS) is 24.4. The zero-order chi connectivity index (χ0) is 12.6. The van der Waals surface area contributed by atoms with Crippen LogP contribution in [0.25, 0.3) is 0 Å². The van der Waals surface area contributed by atoms with Crippen molar-refractivity contribution in [3.05, 3.63) is 18.5 Å². The van der Waals surface area contributed by atoms with Crippen molar-refractivity contribution in [1.82, 2.24) is 14.7 Å². The summed E-state index contributed by atoms with van der Waals surface area (Å²) in [5, 5.41) is -0.345. The van der Waals surface area contributed by atoms with Crippen molar-refractivity contribution in [3.63, 3.8) is 0 Å². The number of nitrogens with one attached hydrogen (secondary N) is 1. The quantitative estimate of drug-likeness (QED) is 0.840. The Bertz CT molecular complexity index is 515. The first-order chi connectivity index (χ1) is 8.65. The lowest BCUT2D eigenvalue weighted by Gasteiger charge is -2.16. The maximum atomic E-state index is 12.1. The van der Waals surface area contributed by atoms with Crippen molar-refractivity contribution in [3.8, 4) is 0 Å². The van der Waals surface area contributed by atoms with Gasteiger partial charge in [-0.3, -0.25) is 0 Å². The topological polar surface area (TPSA) is 75.2 Å². The van der Waals surface area contributed by atoms with Gasteiger partial charge >= 0.3 is 0 Å². The summed E-state index contributed by atoms with van der Waals surface area (Å²) in [4.78, 5) is 10.2. The second kappa shape index (κ2) is 4.47. The Morgan fingerprint density at radius 2 is 1.94 bits per heavy atom. The fourth-order valence-corrected chi connectivity index (χ4v) is 3.83. The smallest absolute Gasteiger partial charge is 0.225 e. The van der Waals surface area contributed by atoms with Crippen LogP contribution in [-0.2, 0) is 10.0 Å². The molecule has 1 aliphatic heterocycles. The van der Waals surface area contributed by atoms with Crippen molar-refractivity contribution in [2.75, 3.05) is 18.0 Å². The van der Waals surface area contributed by atoms with Crippen molar-refractivity contribution in [2.45, 2.75) is 30.6 Å². The molecular formula is C11H16N4O2S. The molecule has 1 N–H and O–H groups in total. The van der Waals surface area contributed by atoms with Crippen molar-refractivity contribution in [1.29, 1.82) is 0 Å². The highest BCUT2D eigenvalue weighted by Gasteiger charge is 2.37. The summed E-state index contributed by atoms with van der Waals surface area (Å²) in [7, 11) is -3.18. The van der Waals surface area contributed by atoms with E-state index in [2.05, 4.69) is 14.7 Å². The Kier molecular flexibility index (Phi) is 2.95. The highest BCUT2D eigenvalue weighted by atomic mass is 32.2. The largest absolute Gasteiger partial charge is 0.339 e. The molecule has 1 aromatic heterocycles. The van der Waals surface area contributed by atoms with Crippen LogP contribution >= 0.6 is 0 Å². The fourth-order valence-electron chi connectivity index (χ4n) is 2.15. The summed E-state index contributed by atoms with van der Waals surface area (Å²) in [6.07, 6.45) is 5.93. The lowest BCUT2D eigenvalue weighted by Crippen LogP contribution is -2.37. The average Bonchev–Trinajstić information content (AvgIpc) is 3.01. The van der Waals surface area contributed by atoms with Crippen LogP contribution < -0.4 is 9.62 Å². The fraction of sp³-hybridized carbons (Fsp3) is 0.636. The Morgan fingerprint density at radius 1 is 1.22 bits per heavy atom. The minimum Gasteiger partial charge on any atom is -0.339 e. The summed E-state index contributed by atoms with van der Waals surface area (Å²) in [6.45, 7) is 1.17. The predicted molar refractivity (Wildman–Crippen MR) is 67.7 cm³/mol. The van der Waals surface area contributed by atoms with Crippen LogP contribution in [0.15, 0.2) is 18.5 Å². The van der Waals surface area contributed by atoms with Crippen LogP contribution in [0.4, 0.5) is 5.95 Å². The van der Waals surface area contributed by atoms with E-state index < -0.39 is 10.0 Å². The van der Waals surface area contributed by atoms with Gasteiger partial charge in [0.15, 0.2) is 0 Å². The molecule has 2 aliphatic rings. The molecule has 0 radical (unpaired) electrons.